The molecule has 1 heterocycles. The fraction of sp³-hybridized carbons (Fsp3) is 0.167. The molecule has 2 rings (SSSR count). The maximum absolute atomic E-state index is 13.0. The van der Waals surface area contributed by atoms with Crippen molar-refractivity contribution >= 4 is 11.6 Å². The van der Waals surface area contributed by atoms with Gasteiger partial charge in [-0.2, -0.15) is 4.98 Å². The summed E-state index contributed by atoms with van der Waals surface area (Å²) in [6, 6.07) is 6.22. The van der Waals surface area contributed by atoms with Gasteiger partial charge in [0.05, 0.1) is 12.4 Å². The maximum atomic E-state index is 13.0. The molecule has 2 aromatic rings. The number of ether oxygens (including phenoxy) is 1. The SMILES string of the molecule is C[C@H](Oc1cncc(Cl)n1)c1cccc(F)c1. The molecule has 0 aliphatic carbocycles. The largest absolute Gasteiger partial charge is 0.469 e. The molecular formula is C12H10ClFN2O. The van der Waals surface area contributed by atoms with Gasteiger partial charge in [0.2, 0.25) is 5.88 Å². The topological polar surface area (TPSA) is 35.0 Å². The van der Waals surface area contributed by atoms with E-state index in [1.54, 1.807) is 19.1 Å². The minimum atomic E-state index is -0.321. The maximum Gasteiger partial charge on any atom is 0.234 e. The molecule has 1 aromatic carbocycles. The number of halogens is 2. The van der Waals surface area contributed by atoms with E-state index in [1.807, 2.05) is 0 Å². The second kappa shape index (κ2) is 5.10. The standard InChI is InChI=1S/C12H10ClFN2O/c1-8(9-3-2-4-10(14)5-9)17-12-7-15-6-11(13)16-12/h2-8H,1H3/t8-/m0/s1. The Bertz CT molecular complexity index is 521. The Kier molecular flexibility index (Phi) is 3.54. The molecule has 1 aromatic heterocycles. The van der Waals surface area contributed by atoms with Gasteiger partial charge in [0.25, 0.3) is 0 Å². The van der Waals surface area contributed by atoms with Gasteiger partial charge < -0.3 is 4.74 Å². The third-order valence-corrected chi connectivity index (χ3v) is 2.38. The van der Waals surface area contributed by atoms with Crippen molar-refractivity contribution in [2.45, 2.75) is 13.0 Å². The third-order valence-electron chi connectivity index (χ3n) is 2.20. The van der Waals surface area contributed by atoms with E-state index < -0.39 is 0 Å². The van der Waals surface area contributed by atoms with Crippen LogP contribution in [-0.4, -0.2) is 9.97 Å². The molecule has 88 valence electrons. The summed E-state index contributed by atoms with van der Waals surface area (Å²) in [6.07, 6.45) is 2.56. The van der Waals surface area contributed by atoms with Gasteiger partial charge in [-0.1, -0.05) is 23.7 Å². The Balaban J connectivity index is 2.14. The summed E-state index contributed by atoms with van der Waals surface area (Å²) in [7, 11) is 0. The molecule has 0 saturated heterocycles. The molecule has 0 radical (unpaired) electrons. The zero-order valence-electron chi connectivity index (χ0n) is 9.10. The summed E-state index contributed by atoms with van der Waals surface area (Å²) in [5, 5.41) is 0.258. The lowest BCUT2D eigenvalue weighted by atomic mass is 10.1. The molecule has 0 aliphatic rings. The van der Waals surface area contributed by atoms with E-state index in [0.717, 1.165) is 5.56 Å². The second-order valence-corrected chi connectivity index (χ2v) is 3.88. The van der Waals surface area contributed by atoms with Crippen molar-refractivity contribution in [2.24, 2.45) is 0 Å². The van der Waals surface area contributed by atoms with Crippen molar-refractivity contribution in [1.29, 1.82) is 0 Å². The van der Waals surface area contributed by atoms with Gasteiger partial charge >= 0.3 is 0 Å². The van der Waals surface area contributed by atoms with Gasteiger partial charge in [-0.3, -0.25) is 4.98 Å². The average molecular weight is 253 g/mol. The van der Waals surface area contributed by atoms with Crippen LogP contribution in [0, 0.1) is 5.82 Å². The van der Waals surface area contributed by atoms with Gasteiger partial charge in [0, 0.05) is 0 Å². The van der Waals surface area contributed by atoms with Crippen LogP contribution in [0.3, 0.4) is 0 Å². The van der Waals surface area contributed by atoms with E-state index in [1.165, 1.54) is 24.5 Å². The lowest BCUT2D eigenvalue weighted by Gasteiger charge is -2.13. The van der Waals surface area contributed by atoms with Crippen molar-refractivity contribution < 1.29 is 9.13 Å². The molecule has 0 saturated carbocycles. The van der Waals surface area contributed by atoms with Crippen LogP contribution in [0.15, 0.2) is 36.7 Å². The van der Waals surface area contributed by atoms with Crippen molar-refractivity contribution in [3.8, 4) is 5.88 Å². The van der Waals surface area contributed by atoms with Crippen LogP contribution in [0.1, 0.15) is 18.6 Å². The Morgan fingerprint density at radius 3 is 2.88 bits per heavy atom. The number of hydrogen-bond donors (Lipinski definition) is 0. The first-order chi connectivity index (χ1) is 8.15. The Hall–Kier alpha value is -1.68. The summed E-state index contributed by atoms with van der Waals surface area (Å²) in [5.41, 5.74) is 0.728. The predicted octanol–water partition coefficient (Wildman–Crippen LogP) is 3.41. The Morgan fingerprint density at radius 1 is 1.35 bits per heavy atom. The molecule has 1 atom stereocenters. The lowest BCUT2D eigenvalue weighted by molar-refractivity contribution is 0.216. The fourth-order valence-electron chi connectivity index (χ4n) is 1.39. The molecule has 3 nitrogen and oxygen atoms in total. The monoisotopic (exact) mass is 252 g/mol. The number of benzene rings is 1. The summed E-state index contributed by atoms with van der Waals surface area (Å²) >= 11 is 5.69. The average Bonchev–Trinajstić information content (AvgIpc) is 2.29. The lowest BCUT2D eigenvalue weighted by Crippen LogP contribution is -2.04. The molecule has 5 heteroatoms. The highest BCUT2D eigenvalue weighted by atomic mass is 35.5. The van der Waals surface area contributed by atoms with Gasteiger partial charge in [0.15, 0.2) is 5.15 Å². The molecule has 0 N–H and O–H groups in total. The quantitative estimate of drug-likeness (QED) is 0.840. The minimum absolute atomic E-state index is 0.258. The first-order valence-electron chi connectivity index (χ1n) is 5.05. The van der Waals surface area contributed by atoms with E-state index in [9.17, 15) is 4.39 Å². The summed E-state index contributed by atoms with van der Waals surface area (Å²) < 4.78 is 18.5. The van der Waals surface area contributed by atoms with Crippen molar-refractivity contribution in [3.63, 3.8) is 0 Å². The molecule has 0 fully saturated rings. The zero-order valence-corrected chi connectivity index (χ0v) is 9.86. The fourth-order valence-corrected chi connectivity index (χ4v) is 1.53. The van der Waals surface area contributed by atoms with Gasteiger partial charge in [-0.15, -0.1) is 0 Å². The van der Waals surface area contributed by atoms with Gasteiger partial charge in [0.1, 0.15) is 11.9 Å². The van der Waals surface area contributed by atoms with E-state index in [4.69, 9.17) is 16.3 Å². The molecule has 0 aliphatic heterocycles. The minimum Gasteiger partial charge on any atom is -0.469 e. The van der Waals surface area contributed by atoms with Crippen LogP contribution in [0.4, 0.5) is 4.39 Å². The highest BCUT2D eigenvalue weighted by Crippen LogP contribution is 2.20. The molecular weight excluding hydrogens is 243 g/mol. The van der Waals surface area contributed by atoms with Crippen LogP contribution < -0.4 is 4.74 Å². The third kappa shape index (κ3) is 3.14. The van der Waals surface area contributed by atoms with Crippen LogP contribution in [-0.2, 0) is 0 Å². The molecule has 0 bridgehead atoms. The van der Waals surface area contributed by atoms with Crippen molar-refractivity contribution in [1.82, 2.24) is 9.97 Å². The number of nitrogens with zero attached hydrogens (tertiary/aromatic N) is 2. The van der Waals surface area contributed by atoms with Crippen LogP contribution >= 0.6 is 11.6 Å². The van der Waals surface area contributed by atoms with Gasteiger partial charge in [-0.05, 0) is 24.6 Å². The van der Waals surface area contributed by atoms with Crippen molar-refractivity contribution in [2.75, 3.05) is 0 Å². The van der Waals surface area contributed by atoms with E-state index >= 15 is 0 Å². The smallest absolute Gasteiger partial charge is 0.234 e. The second-order valence-electron chi connectivity index (χ2n) is 3.50. The summed E-state index contributed by atoms with van der Waals surface area (Å²) in [5.74, 6) is 0.0180. The van der Waals surface area contributed by atoms with E-state index in [-0.39, 0.29) is 17.1 Å². The highest BCUT2D eigenvalue weighted by molar-refractivity contribution is 6.29. The number of rotatable bonds is 3. The van der Waals surface area contributed by atoms with Crippen LogP contribution in [0.2, 0.25) is 5.15 Å². The first-order valence-corrected chi connectivity index (χ1v) is 5.42. The van der Waals surface area contributed by atoms with Crippen molar-refractivity contribution in [3.05, 3.63) is 53.2 Å². The normalized spacial score (nSPS) is 12.2. The van der Waals surface area contributed by atoms with Gasteiger partial charge in [-0.25, -0.2) is 4.39 Å². The Labute approximate surface area is 103 Å². The molecule has 0 spiro atoms. The number of hydrogen-bond acceptors (Lipinski definition) is 3. The van der Waals surface area contributed by atoms with E-state index in [2.05, 4.69) is 9.97 Å². The predicted molar refractivity (Wildman–Crippen MR) is 62.5 cm³/mol. The molecule has 17 heavy (non-hydrogen) atoms. The number of aromatic nitrogens is 2. The van der Waals surface area contributed by atoms with E-state index in [0.29, 0.717) is 5.88 Å². The van der Waals surface area contributed by atoms with Crippen LogP contribution in [0.5, 0.6) is 5.88 Å². The van der Waals surface area contributed by atoms with Crippen LogP contribution in [0.25, 0.3) is 0 Å². The first kappa shape index (κ1) is 11.8. The summed E-state index contributed by atoms with van der Waals surface area (Å²) in [4.78, 5) is 7.80. The molecule has 0 unspecified atom stereocenters. The summed E-state index contributed by atoms with van der Waals surface area (Å²) in [6.45, 7) is 1.80. The Morgan fingerprint density at radius 2 is 2.18 bits per heavy atom. The zero-order chi connectivity index (χ0) is 12.3. The highest BCUT2D eigenvalue weighted by Gasteiger charge is 2.09. The molecule has 0 amide bonds.